The molecule has 92 valence electrons. The number of nitrogens with two attached hydrogens (primary N) is 1. The molecule has 3 nitrogen and oxygen atoms in total. The fraction of sp³-hybridized carbons (Fsp3) is 0.500. The fourth-order valence-electron chi connectivity index (χ4n) is 2.69. The average molecular weight is 232 g/mol. The van der Waals surface area contributed by atoms with Crippen LogP contribution in [0.15, 0.2) is 12.1 Å². The van der Waals surface area contributed by atoms with Crippen LogP contribution in [0.4, 0.5) is 0 Å². The van der Waals surface area contributed by atoms with E-state index in [1.165, 1.54) is 22.3 Å². The molecule has 1 aliphatic rings. The minimum atomic E-state index is -0.197. The molecule has 1 aromatic rings. The zero-order valence-electron chi connectivity index (χ0n) is 10.7. The molecule has 1 aliphatic heterocycles. The third-order valence-electron chi connectivity index (χ3n) is 3.86. The van der Waals surface area contributed by atoms with Gasteiger partial charge in [-0.3, -0.25) is 4.79 Å². The van der Waals surface area contributed by atoms with Gasteiger partial charge in [-0.05, 0) is 43.0 Å². The lowest BCUT2D eigenvalue weighted by atomic mass is 9.84. The quantitative estimate of drug-likeness (QED) is 0.810. The number of nitrogens with one attached hydrogen (secondary N) is 1. The van der Waals surface area contributed by atoms with Crippen LogP contribution in [-0.2, 0) is 4.79 Å². The summed E-state index contributed by atoms with van der Waals surface area (Å²) in [7, 11) is 0. The Kier molecular flexibility index (Phi) is 3.20. The van der Waals surface area contributed by atoms with Crippen molar-refractivity contribution < 1.29 is 4.79 Å². The minimum Gasteiger partial charge on any atom is -0.369 e. The molecule has 2 atom stereocenters. The number of primary amides is 1. The van der Waals surface area contributed by atoms with E-state index in [9.17, 15) is 4.79 Å². The second-order valence-electron chi connectivity index (χ2n) is 5.07. The van der Waals surface area contributed by atoms with E-state index in [1.807, 2.05) is 0 Å². The molecule has 0 saturated carbocycles. The van der Waals surface area contributed by atoms with Crippen molar-refractivity contribution in [2.75, 3.05) is 13.1 Å². The topological polar surface area (TPSA) is 55.1 Å². The first-order valence-electron chi connectivity index (χ1n) is 6.08. The summed E-state index contributed by atoms with van der Waals surface area (Å²) >= 11 is 0. The molecule has 17 heavy (non-hydrogen) atoms. The number of carbonyl (C=O) groups is 1. The lowest BCUT2D eigenvalue weighted by molar-refractivity contribution is -0.121. The van der Waals surface area contributed by atoms with Gasteiger partial charge in [0.2, 0.25) is 5.91 Å². The highest BCUT2D eigenvalue weighted by atomic mass is 16.1. The van der Waals surface area contributed by atoms with E-state index < -0.39 is 0 Å². The first-order valence-corrected chi connectivity index (χ1v) is 6.08. The monoisotopic (exact) mass is 232 g/mol. The summed E-state index contributed by atoms with van der Waals surface area (Å²) in [6.07, 6.45) is 0. The normalized spacial score (nSPS) is 23.9. The van der Waals surface area contributed by atoms with Crippen LogP contribution in [0.1, 0.15) is 28.2 Å². The van der Waals surface area contributed by atoms with E-state index in [1.54, 1.807) is 0 Å². The smallest absolute Gasteiger partial charge is 0.222 e. The van der Waals surface area contributed by atoms with Gasteiger partial charge in [-0.15, -0.1) is 0 Å². The predicted octanol–water partition coefficient (Wildman–Crippen LogP) is 1.40. The zero-order chi connectivity index (χ0) is 12.6. The highest BCUT2D eigenvalue weighted by Gasteiger charge is 2.33. The Bertz CT molecular complexity index is 454. The van der Waals surface area contributed by atoms with Crippen LogP contribution in [-0.4, -0.2) is 19.0 Å². The van der Waals surface area contributed by atoms with Crippen molar-refractivity contribution in [3.63, 3.8) is 0 Å². The summed E-state index contributed by atoms with van der Waals surface area (Å²) in [4.78, 5) is 11.4. The maximum Gasteiger partial charge on any atom is 0.222 e. The second kappa shape index (κ2) is 4.49. The molecular weight excluding hydrogens is 212 g/mol. The van der Waals surface area contributed by atoms with E-state index in [0.717, 1.165) is 6.54 Å². The zero-order valence-corrected chi connectivity index (χ0v) is 10.7. The Hall–Kier alpha value is -1.35. The maximum atomic E-state index is 11.4. The molecule has 1 aromatic carbocycles. The van der Waals surface area contributed by atoms with Gasteiger partial charge in [-0.1, -0.05) is 12.1 Å². The molecule has 0 aliphatic carbocycles. The summed E-state index contributed by atoms with van der Waals surface area (Å²) in [5, 5.41) is 3.26. The van der Waals surface area contributed by atoms with Crippen molar-refractivity contribution in [2.24, 2.45) is 11.7 Å². The van der Waals surface area contributed by atoms with Crippen molar-refractivity contribution in [1.82, 2.24) is 5.32 Å². The molecule has 0 aromatic heterocycles. The SMILES string of the molecule is Cc1cc(C)c(C2CNCC2C(N)=O)cc1C. The van der Waals surface area contributed by atoms with Gasteiger partial charge in [-0.25, -0.2) is 0 Å². The summed E-state index contributed by atoms with van der Waals surface area (Å²) in [5.41, 5.74) is 10.6. The largest absolute Gasteiger partial charge is 0.369 e. The number of carbonyl (C=O) groups excluding carboxylic acids is 1. The third kappa shape index (κ3) is 2.20. The lowest BCUT2D eigenvalue weighted by Crippen LogP contribution is -2.28. The number of benzene rings is 1. The van der Waals surface area contributed by atoms with Gasteiger partial charge in [-0.2, -0.15) is 0 Å². The number of hydrogen-bond acceptors (Lipinski definition) is 2. The molecule has 1 fully saturated rings. The molecule has 2 unspecified atom stereocenters. The van der Waals surface area contributed by atoms with Crippen molar-refractivity contribution in [3.05, 3.63) is 34.4 Å². The molecule has 0 radical (unpaired) electrons. The van der Waals surface area contributed by atoms with Crippen molar-refractivity contribution in [3.8, 4) is 0 Å². The van der Waals surface area contributed by atoms with Crippen LogP contribution in [0.3, 0.4) is 0 Å². The highest BCUT2D eigenvalue weighted by molar-refractivity contribution is 5.78. The highest BCUT2D eigenvalue weighted by Crippen LogP contribution is 2.31. The number of aryl methyl sites for hydroxylation is 3. The van der Waals surface area contributed by atoms with Gasteiger partial charge < -0.3 is 11.1 Å². The van der Waals surface area contributed by atoms with Crippen LogP contribution in [0.2, 0.25) is 0 Å². The number of hydrogen-bond donors (Lipinski definition) is 2. The van der Waals surface area contributed by atoms with Crippen molar-refractivity contribution in [1.29, 1.82) is 0 Å². The van der Waals surface area contributed by atoms with Crippen LogP contribution in [0, 0.1) is 26.7 Å². The molecule has 0 spiro atoms. The second-order valence-corrected chi connectivity index (χ2v) is 5.07. The van der Waals surface area contributed by atoms with Crippen molar-refractivity contribution in [2.45, 2.75) is 26.7 Å². The number of rotatable bonds is 2. The lowest BCUT2D eigenvalue weighted by Gasteiger charge is -2.19. The van der Waals surface area contributed by atoms with E-state index in [2.05, 4.69) is 38.2 Å². The molecule has 3 heteroatoms. The van der Waals surface area contributed by atoms with Crippen LogP contribution in [0.5, 0.6) is 0 Å². The van der Waals surface area contributed by atoms with E-state index in [4.69, 9.17) is 5.73 Å². The van der Waals surface area contributed by atoms with Gasteiger partial charge in [0.05, 0.1) is 5.92 Å². The van der Waals surface area contributed by atoms with Gasteiger partial charge in [0.25, 0.3) is 0 Å². The van der Waals surface area contributed by atoms with Crippen LogP contribution in [0.25, 0.3) is 0 Å². The fourth-order valence-corrected chi connectivity index (χ4v) is 2.69. The average Bonchev–Trinajstić information content (AvgIpc) is 2.72. The molecule has 2 rings (SSSR count). The van der Waals surface area contributed by atoms with E-state index in [-0.39, 0.29) is 17.7 Å². The predicted molar refractivity (Wildman–Crippen MR) is 68.9 cm³/mol. The van der Waals surface area contributed by atoms with E-state index >= 15 is 0 Å². The minimum absolute atomic E-state index is 0.0733. The van der Waals surface area contributed by atoms with Crippen LogP contribution < -0.4 is 11.1 Å². The molecule has 0 bridgehead atoms. The standard InChI is InChI=1S/C14H20N2O/c1-8-4-10(3)11(5-9(8)2)12-6-16-7-13(12)14(15)17/h4-5,12-13,16H,6-7H2,1-3H3,(H2,15,17). The van der Waals surface area contributed by atoms with Crippen molar-refractivity contribution >= 4 is 5.91 Å². The van der Waals surface area contributed by atoms with Crippen LogP contribution >= 0.6 is 0 Å². The van der Waals surface area contributed by atoms with Gasteiger partial charge >= 0.3 is 0 Å². The Morgan fingerprint density at radius 3 is 2.47 bits per heavy atom. The first-order chi connectivity index (χ1) is 8.00. The maximum absolute atomic E-state index is 11.4. The molecule has 1 amide bonds. The van der Waals surface area contributed by atoms with Gasteiger partial charge in [0.1, 0.15) is 0 Å². The first kappa shape index (κ1) is 12.1. The molecule has 1 heterocycles. The molecule has 1 saturated heterocycles. The van der Waals surface area contributed by atoms with E-state index in [0.29, 0.717) is 6.54 Å². The molecule has 3 N–H and O–H groups in total. The Balaban J connectivity index is 2.40. The molecular formula is C14H20N2O. The Labute approximate surface area is 102 Å². The summed E-state index contributed by atoms with van der Waals surface area (Å²) in [6, 6.07) is 4.40. The summed E-state index contributed by atoms with van der Waals surface area (Å²) in [6.45, 7) is 7.88. The van der Waals surface area contributed by atoms with Gasteiger partial charge in [0.15, 0.2) is 0 Å². The summed E-state index contributed by atoms with van der Waals surface area (Å²) < 4.78 is 0. The third-order valence-corrected chi connectivity index (χ3v) is 3.86. The summed E-state index contributed by atoms with van der Waals surface area (Å²) in [5.74, 6) is -0.0414. The Morgan fingerprint density at radius 2 is 1.82 bits per heavy atom. The van der Waals surface area contributed by atoms with Gasteiger partial charge in [0, 0.05) is 19.0 Å². The Morgan fingerprint density at radius 1 is 1.18 bits per heavy atom. The number of amides is 1.